The molecule has 3 amide bonds. The van der Waals surface area contributed by atoms with E-state index in [1.165, 1.54) is 13.0 Å². The van der Waals surface area contributed by atoms with E-state index >= 15 is 0 Å². The Balaban J connectivity index is 2.66. The summed E-state index contributed by atoms with van der Waals surface area (Å²) in [5.74, 6) is -1.40. The van der Waals surface area contributed by atoms with Crippen LogP contribution in [0.15, 0.2) is 18.2 Å². The predicted octanol–water partition coefficient (Wildman–Crippen LogP) is 3.80. The Morgan fingerprint density at radius 1 is 1.34 bits per heavy atom. The number of urea groups is 1. The minimum Gasteiger partial charge on any atom is -0.450 e. The van der Waals surface area contributed by atoms with Crippen LogP contribution in [-0.4, -0.2) is 40.4 Å². The molecule has 1 N–H and O–H groups in total. The molecule has 0 radical (unpaired) electrons. The Hall–Kier alpha value is -3.29. The molecular formula is C18H18F3N3O5. The fraction of sp³-hybridized carbons (Fsp3) is 0.444. The summed E-state index contributed by atoms with van der Waals surface area (Å²) in [6.07, 6.45) is -6.89. The molecule has 0 spiro atoms. The molecule has 8 nitrogen and oxygen atoms in total. The number of carbonyl (C=O) groups excluding carboxylic acids is 2. The number of hydrogen-bond donors (Lipinski definition) is 1. The van der Waals surface area contributed by atoms with Gasteiger partial charge in [0, 0.05) is 13.0 Å². The SMILES string of the molecule is CCN1C(=O)N(c2ccc(C#N)c(C(F)(F)F)c2)C(=O)C1(CC(C)C)OC(=O)O. The number of rotatable bonds is 5. The van der Waals surface area contributed by atoms with Crippen molar-refractivity contribution in [3.63, 3.8) is 0 Å². The minimum atomic E-state index is -4.90. The lowest BCUT2D eigenvalue weighted by molar-refractivity contribution is -0.153. The van der Waals surface area contributed by atoms with Crippen LogP contribution in [0.25, 0.3) is 0 Å². The molecule has 1 fully saturated rings. The summed E-state index contributed by atoms with van der Waals surface area (Å²) in [4.78, 5) is 38.5. The van der Waals surface area contributed by atoms with Crippen LogP contribution in [0, 0.1) is 17.2 Å². The molecule has 1 aromatic rings. The molecule has 1 heterocycles. The van der Waals surface area contributed by atoms with Gasteiger partial charge in [-0.1, -0.05) is 13.8 Å². The van der Waals surface area contributed by atoms with Crippen molar-refractivity contribution < 1.29 is 37.4 Å². The molecule has 0 aliphatic carbocycles. The zero-order valence-electron chi connectivity index (χ0n) is 15.8. The highest BCUT2D eigenvalue weighted by Gasteiger charge is 2.61. The van der Waals surface area contributed by atoms with Crippen LogP contribution >= 0.6 is 0 Å². The first-order valence-electron chi connectivity index (χ1n) is 8.58. The second-order valence-electron chi connectivity index (χ2n) is 6.76. The van der Waals surface area contributed by atoms with Crippen LogP contribution in [0.5, 0.6) is 0 Å². The summed E-state index contributed by atoms with van der Waals surface area (Å²) in [5.41, 5.74) is -4.63. The highest BCUT2D eigenvalue weighted by molar-refractivity contribution is 6.23. The van der Waals surface area contributed by atoms with Crippen molar-refractivity contribution >= 4 is 23.8 Å². The topological polar surface area (TPSA) is 111 Å². The van der Waals surface area contributed by atoms with Crippen LogP contribution in [0.1, 0.15) is 38.3 Å². The summed E-state index contributed by atoms with van der Waals surface area (Å²) in [5, 5.41) is 18.0. The molecule has 0 saturated carbocycles. The summed E-state index contributed by atoms with van der Waals surface area (Å²) in [6.45, 7) is 4.70. The van der Waals surface area contributed by atoms with Gasteiger partial charge in [0.2, 0.25) is 0 Å². The third-order valence-corrected chi connectivity index (χ3v) is 4.34. The van der Waals surface area contributed by atoms with Gasteiger partial charge in [-0.05, 0) is 31.0 Å². The van der Waals surface area contributed by atoms with E-state index in [9.17, 15) is 27.6 Å². The first kappa shape index (κ1) is 22.0. The van der Waals surface area contributed by atoms with Crippen molar-refractivity contribution in [1.29, 1.82) is 5.26 Å². The number of amides is 3. The van der Waals surface area contributed by atoms with E-state index in [2.05, 4.69) is 0 Å². The smallest absolute Gasteiger partial charge is 0.450 e. The van der Waals surface area contributed by atoms with E-state index in [4.69, 9.17) is 15.1 Å². The number of likely N-dealkylation sites (N-methyl/N-ethyl adjacent to an activating group) is 1. The number of imide groups is 1. The number of halogens is 3. The minimum absolute atomic E-state index is 0.122. The molecule has 1 aliphatic heterocycles. The van der Waals surface area contributed by atoms with Gasteiger partial charge >= 0.3 is 24.3 Å². The normalized spacial score (nSPS) is 19.7. The first-order valence-corrected chi connectivity index (χ1v) is 8.58. The van der Waals surface area contributed by atoms with Gasteiger partial charge in [-0.15, -0.1) is 0 Å². The molecule has 1 aliphatic rings. The van der Waals surface area contributed by atoms with Crippen molar-refractivity contribution in [2.24, 2.45) is 5.92 Å². The largest absolute Gasteiger partial charge is 0.508 e. The molecular weight excluding hydrogens is 395 g/mol. The number of nitriles is 1. The zero-order valence-corrected chi connectivity index (χ0v) is 15.8. The number of alkyl halides is 3. The average Bonchev–Trinajstić information content (AvgIpc) is 2.78. The molecule has 29 heavy (non-hydrogen) atoms. The number of carboxylic acid groups (broad SMARTS) is 1. The van der Waals surface area contributed by atoms with Crippen molar-refractivity contribution in [2.45, 2.75) is 39.1 Å². The molecule has 2 rings (SSSR count). The maximum Gasteiger partial charge on any atom is 0.508 e. The van der Waals surface area contributed by atoms with E-state index in [0.717, 1.165) is 17.0 Å². The summed E-state index contributed by atoms with van der Waals surface area (Å²) in [7, 11) is 0. The van der Waals surface area contributed by atoms with Crippen LogP contribution in [0.2, 0.25) is 0 Å². The van der Waals surface area contributed by atoms with Gasteiger partial charge in [-0.25, -0.2) is 14.5 Å². The van der Waals surface area contributed by atoms with Gasteiger partial charge < -0.3 is 9.84 Å². The quantitative estimate of drug-likeness (QED) is 0.581. The summed E-state index contributed by atoms with van der Waals surface area (Å²) >= 11 is 0. The summed E-state index contributed by atoms with van der Waals surface area (Å²) in [6, 6.07) is 2.76. The third-order valence-electron chi connectivity index (χ3n) is 4.34. The van der Waals surface area contributed by atoms with Gasteiger partial charge in [0.25, 0.3) is 5.72 Å². The number of anilines is 1. The number of benzene rings is 1. The maximum atomic E-state index is 13.3. The van der Waals surface area contributed by atoms with Crippen molar-refractivity contribution in [1.82, 2.24) is 4.90 Å². The zero-order chi connectivity index (χ0) is 22.1. The third kappa shape index (κ3) is 3.83. The highest BCUT2D eigenvalue weighted by Crippen LogP contribution is 2.40. The Morgan fingerprint density at radius 3 is 2.41 bits per heavy atom. The number of carbonyl (C=O) groups is 3. The van der Waals surface area contributed by atoms with Crippen LogP contribution in [0.3, 0.4) is 0 Å². The second kappa shape index (κ2) is 7.62. The molecule has 11 heteroatoms. The van der Waals surface area contributed by atoms with Gasteiger partial charge in [-0.3, -0.25) is 9.69 Å². The Labute approximate surface area is 164 Å². The Kier molecular flexibility index (Phi) is 5.78. The lowest BCUT2D eigenvalue weighted by Gasteiger charge is -2.33. The van der Waals surface area contributed by atoms with E-state index in [0.29, 0.717) is 11.0 Å². The number of hydrogen-bond acceptors (Lipinski definition) is 5. The van der Waals surface area contributed by atoms with Crippen LogP contribution < -0.4 is 4.90 Å². The molecule has 1 aromatic carbocycles. The van der Waals surface area contributed by atoms with Gasteiger partial charge in [0.1, 0.15) is 0 Å². The fourth-order valence-electron chi connectivity index (χ4n) is 3.31. The Morgan fingerprint density at radius 2 is 1.97 bits per heavy atom. The number of ether oxygens (including phenoxy) is 1. The average molecular weight is 413 g/mol. The van der Waals surface area contributed by atoms with E-state index in [1.807, 2.05) is 0 Å². The number of nitrogens with zero attached hydrogens (tertiary/aromatic N) is 3. The monoisotopic (exact) mass is 413 g/mol. The van der Waals surface area contributed by atoms with E-state index in [1.54, 1.807) is 13.8 Å². The molecule has 156 valence electrons. The Bertz CT molecular complexity index is 894. The first-order chi connectivity index (χ1) is 13.4. The van der Waals surface area contributed by atoms with Gasteiger partial charge in [-0.2, -0.15) is 18.4 Å². The molecule has 1 atom stereocenters. The summed E-state index contributed by atoms with van der Waals surface area (Å²) < 4.78 is 44.7. The molecule has 1 saturated heterocycles. The molecule has 1 unspecified atom stereocenters. The van der Waals surface area contributed by atoms with Gasteiger partial charge in [0.15, 0.2) is 0 Å². The fourth-order valence-corrected chi connectivity index (χ4v) is 3.31. The van der Waals surface area contributed by atoms with E-state index in [-0.39, 0.29) is 18.9 Å². The lowest BCUT2D eigenvalue weighted by atomic mass is 9.98. The van der Waals surface area contributed by atoms with Crippen molar-refractivity contribution in [2.75, 3.05) is 11.4 Å². The van der Waals surface area contributed by atoms with Gasteiger partial charge in [0.05, 0.1) is 22.9 Å². The lowest BCUT2D eigenvalue weighted by Crippen LogP contribution is -2.53. The van der Waals surface area contributed by atoms with Crippen molar-refractivity contribution in [3.8, 4) is 6.07 Å². The second-order valence-corrected chi connectivity index (χ2v) is 6.76. The van der Waals surface area contributed by atoms with Crippen molar-refractivity contribution in [3.05, 3.63) is 29.3 Å². The van der Waals surface area contributed by atoms with E-state index < -0.39 is 46.8 Å². The molecule has 0 aromatic heterocycles. The highest BCUT2D eigenvalue weighted by atomic mass is 19.4. The molecule has 0 bridgehead atoms. The standard InChI is InChI=1S/C18H18F3N3O5/c1-4-23-15(26)24(14(25)17(23,8-10(2)3)29-16(27)28)12-6-5-11(9-22)13(7-12)18(19,20)21/h5-7,10H,4,8H2,1-3H3,(H,27,28). The van der Waals surface area contributed by atoms with Crippen LogP contribution in [-0.2, 0) is 15.7 Å². The van der Waals surface area contributed by atoms with Crippen LogP contribution in [0.4, 0.5) is 28.4 Å². The predicted molar refractivity (Wildman–Crippen MR) is 92.7 cm³/mol. The maximum absolute atomic E-state index is 13.3.